The van der Waals surface area contributed by atoms with Crippen LogP contribution in [-0.2, 0) is 9.53 Å². The summed E-state index contributed by atoms with van der Waals surface area (Å²) in [5, 5.41) is 9.25. The fourth-order valence-corrected chi connectivity index (χ4v) is 1.76. The van der Waals surface area contributed by atoms with E-state index in [1.807, 2.05) is 13.0 Å². The number of aliphatic hydroxyl groups excluding tert-OH is 1. The Morgan fingerprint density at radius 2 is 2.14 bits per heavy atom. The predicted octanol–water partition coefficient (Wildman–Crippen LogP) is 1.88. The Morgan fingerprint density at radius 3 is 2.86 bits per heavy atom. The van der Waals surface area contributed by atoms with Gasteiger partial charge >= 0.3 is 5.97 Å². The van der Waals surface area contributed by atoms with Crippen LogP contribution < -0.4 is 0 Å². The highest BCUT2D eigenvalue weighted by molar-refractivity contribution is 5.90. The predicted molar refractivity (Wildman–Crippen MR) is 51.6 cm³/mol. The number of hydrogen-bond donors (Lipinski definition) is 1. The molecule has 1 aliphatic heterocycles. The van der Waals surface area contributed by atoms with Crippen molar-refractivity contribution < 1.29 is 14.6 Å². The van der Waals surface area contributed by atoms with Gasteiger partial charge in [0.15, 0.2) is 0 Å². The summed E-state index contributed by atoms with van der Waals surface area (Å²) >= 11 is 0. The maximum absolute atomic E-state index is 11.4. The number of fused-ring (bicyclic) bond motifs is 1. The summed E-state index contributed by atoms with van der Waals surface area (Å²) in [5.74, 6) is -0.0434. The number of ether oxygens (including phenoxy) is 1. The zero-order chi connectivity index (χ0) is 10.3. The lowest BCUT2D eigenvalue weighted by atomic mass is 9.85. The summed E-state index contributed by atoms with van der Waals surface area (Å²) in [7, 11) is 0. The first-order valence-corrected chi connectivity index (χ1v) is 4.57. The molecule has 0 aromatic carbocycles. The van der Waals surface area contributed by atoms with Crippen molar-refractivity contribution in [2.75, 3.05) is 0 Å². The second kappa shape index (κ2) is 3.01. The topological polar surface area (TPSA) is 46.5 Å². The van der Waals surface area contributed by atoms with Crippen LogP contribution in [0.4, 0.5) is 0 Å². The Labute approximate surface area is 82.4 Å². The van der Waals surface area contributed by atoms with Crippen molar-refractivity contribution >= 4 is 5.97 Å². The Hall–Kier alpha value is -1.51. The van der Waals surface area contributed by atoms with E-state index in [1.54, 1.807) is 19.1 Å². The minimum atomic E-state index is -0.337. The average molecular weight is 192 g/mol. The van der Waals surface area contributed by atoms with Crippen molar-refractivity contribution in [3.8, 4) is 0 Å². The number of carbonyl (C=O) groups is 1. The standard InChI is InChI=1S/C11H12O3/c1-6-7(2)11(13)14-10-5-8(12)3-4-9(6)10/h3-5,9-10,12H,1-2H3. The Bertz CT molecular complexity index is 374. The Morgan fingerprint density at radius 1 is 1.43 bits per heavy atom. The number of allylic oxidation sites excluding steroid dienone is 1. The molecular formula is C11H12O3. The van der Waals surface area contributed by atoms with Crippen LogP contribution in [0.3, 0.4) is 0 Å². The lowest BCUT2D eigenvalue weighted by molar-refractivity contribution is -0.145. The summed E-state index contributed by atoms with van der Waals surface area (Å²) in [4.78, 5) is 11.4. The largest absolute Gasteiger partial charge is 0.508 e. The monoisotopic (exact) mass is 192 g/mol. The molecule has 0 aromatic rings. The molecule has 3 nitrogen and oxygen atoms in total. The molecule has 0 bridgehead atoms. The fourth-order valence-electron chi connectivity index (χ4n) is 1.76. The van der Waals surface area contributed by atoms with Crippen molar-refractivity contribution in [3.63, 3.8) is 0 Å². The van der Waals surface area contributed by atoms with E-state index < -0.39 is 0 Å². The third kappa shape index (κ3) is 1.25. The van der Waals surface area contributed by atoms with Gasteiger partial charge in [0.1, 0.15) is 11.9 Å². The average Bonchev–Trinajstić information content (AvgIpc) is 2.14. The van der Waals surface area contributed by atoms with Gasteiger partial charge in [0, 0.05) is 11.5 Å². The second-order valence-corrected chi connectivity index (χ2v) is 3.65. The molecule has 3 heteroatoms. The van der Waals surface area contributed by atoms with Crippen molar-refractivity contribution in [1.82, 2.24) is 0 Å². The normalized spacial score (nSPS) is 31.0. The molecule has 2 rings (SSSR count). The summed E-state index contributed by atoms with van der Waals surface area (Å²) in [6.45, 7) is 3.69. The molecule has 0 aromatic heterocycles. The Kier molecular flexibility index (Phi) is 1.95. The molecule has 2 unspecified atom stereocenters. The Balaban J connectivity index is 2.41. The summed E-state index contributed by atoms with van der Waals surface area (Å²) in [5.41, 5.74) is 1.69. The van der Waals surface area contributed by atoms with Crippen LogP contribution >= 0.6 is 0 Å². The SMILES string of the molecule is CC1=C(C)C2C=CC(O)=CC2OC1=O. The van der Waals surface area contributed by atoms with E-state index in [0.717, 1.165) is 5.57 Å². The summed E-state index contributed by atoms with van der Waals surface area (Å²) in [6, 6.07) is 0. The molecule has 1 N–H and O–H groups in total. The molecule has 2 atom stereocenters. The van der Waals surface area contributed by atoms with E-state index in [2.05, 4.69) is 0 Å². The highest BCUT2D eigenvalue weighted by atomic mass is 16.5. The zero-order valence-electron chi connectivity index (χ0n) is 8.15. The van der Waals surface area contributed by atoms with E-state index >= 15 is 0 Å². The summed E-state index contributed by atoms with van der Waals surface area (Å²) in [6.07, 6.45) is 4.73. The number of hydrogen-bond acceptors (Lipinski definition) is 3. The summed E-state index contributed by atoms with van der Waals surface area (Å²) < 4.78 is 5.16. The van der Waals surface area contributed by atoms with E-state index in [0.29, 0.717) is 5.57 Å². The van der Waals surface area contributed by atoms with Gasteiger partial charge in [-0.1, -0.05) is 11.6 Å². The van der Waals surface area contributed by atoms with Crippen LogP contribution in [0.1, 0.15) is 13.8 Å². The highest BCUT2D eigenvalue weighted by Gasteiger charge is 2.32. The molecule has 0 radical (unpaired) electrons. The van der Waals surface area contributed by atoms with Gasteiger partial charge in [-0.25, -0.2) is 4.79 Å². The minimum Gasteiger partial charge on any atom is -0.508 e. The fraction of sp³-hybridized carbons (Fsp3) is 0.364. The smallest absolute Gasteiger partial charge is 0.334 e. The van der Waals surface area contributed by atoms with E-state index in [-0.39, 0.29) is 23.8 Å². The molecule has 74 valence electrons. The van der Waals surface area contributed by atoms with Crippen molar-refractivity contribution in [3.05, 3.63) is 35.1 Å². The lowest BCUT2D eigenvalue weighted by Gasteiger charge is -2.30. The molecule has 0 saturated carbocycles. The first-order valence-electron chi connectivity index (χ1n) is 4.57. The van der Waals surface area contributed by atoms with Crippen LogP contribution in [-0.4, -0.2) is 17.2 Å². The third-order valence-electron chi connectivity index (χ3n) is 2.80. The van der Waals surface area contributed by atoms with Crippen LogP contribution in [0.2, 0.25) is 0 Å². The second-order valence-electron chi connectivity index (χ2n) is 3.65. The maximum atomic E-state index is 11.4. The number of aliphatic hydroxyl groups is 1. The van der Waals surface area contributed by atoms with Gasteiger partial charge in [0.2, 0.25) is 0 Å². The highest BCUT2D eigenvalue weighted by Crippen LogP contribution is 2.32. The molecule has 0 amide bonds. The molecule has 1 heterocycles. The number of carbonyl (C=O) groups excluding carboxylic acids is 1. The van der Waals surface area contributed by atoms with Gasteiger partial charge in [0.05, 0.1) is 0 Å². The van der Waals surface area contributed by atoms with Crippen molar-refractivity contribution in [2.24, 2.45) is 5.92 Å². The van der Waals surface area contributed by atoms with Crippen LogP contribution in [0.15, 0.2) is 35.1 Å². The van der Waals surface area contributed by atoms with Crippen molar-refractivity contribution in [1.29, 1.82) is 0 Å². The van der Waals surface area contributed by atoms with Crippen molar-refractivity contribution in [2.45, 2.75) is 20.0 Å². The van der Waals surface area contributed by atoms with Gasteiger partial charge in [-0.2, -0.15) is 0 Å². The molecule has 14 heavy (non-hydrogen) atoms. The van der Waals surface area contributed by atoms with Gasteiger partial charge < -0.3 is 9.84 Å². The molecule has 0 spiro atoms. The molecule has 0 fully saturated rings. The maximum Gasteiger partial charge on any atom is 0.334 e. The van der Waals surface area contributed by atoms with Gasteiger partial charge in [-0.3, -0.25) is 0 Å². The van der Waals surface area contributed by atoms with Gasteiger partial charge in [0.25, 0.3) is 0 Å². The lowest BCUT2D eigenvalue weighted by Crippen LogP contribution is -2.33. The first-order chi connectivity index (χ1) is 6.59. The third-order valence-corrected chi connectivity index (χ3v) is 2.80. The first kappa shape index (κ1) is 9.06. The minimum absolute atomic E-state index is 0.0867. The quantitative estimate of drug-likeness (QED) is 0.596. The van der Waals surface area contributed by atoms with Crippen LogP contribution in [0.25, 0.3) is 0 Å². The molecular weight excluding hydrogens is 180 g/mol. The van der Waals surface area contributed by atoms with Gasteiger partial charge in [-0.15, -0.1) is 0 Å². The van der Waals surface area contributed by atoms with E-state index in [4.69, 9.17) is 4.74 Å². The number of esters is 1. The van der Waals surface area contributed by atoms with E-state index in [1.165, 1.54) is 0 Å². The molecule has 0 saturated heterocycles. The number of rotatable bonds is 0. The van der Waals surface area contributed by atoms with Crippen LogP contribution in [0.5, 0.6) is 0 Å². The molecule has 2 aliphatic rings. The van der Waals surface area contributed by atoms with Gasteiger partial charge in [-0.05, 0) is 26.0 Å². The van der Waals surface area contributed by atoms with E-state index in [9.17, 15) is 9.90 Å². The molecule has 1 aliphatic carbocycles. The van der Waals surface area contributed by atoms with Crippen LogP contribution in [0, 0.1) is 5.92 Å². The zero-order valence-corrected chi connectivity index (χ0v) is 8.15.